The number of aryl methyl sites for hydroxylation is 2. The van der Waals surface area contributed by atoms with Gasteiger partial charge < -0.3 is 5.32 Å². The Labute approximate surface area is 179 Å². The first kappa shape index (κ1) is 23.3. The molecule has 0 bridgehead atoms. The third kappa shape index (κ3) is 5.56. The third-order valence-corrected chi connectivity index (χ3v) is 5.16. The second-order valence-electron chi connectivity index (χ2n) is 7.47. The summed E-state index contributed by atoms with van der Waals surface area (Å²) in [4.78, 5) is 21.5. The minimum atomic E-state index is 0.0596. The lowest BCUT2D eigenvalue weighted by Crippen LogP contribution is -2.32. The van der Waals surface area contributed by atoms with Crippen molar-refractivity contribution in [2.45, 2.75) is 59.9 Å². The van der Waals surface area contributed by atoms with Crippen LogP contribution in [0.3, 0.4) is 0 Å². The van der Waals surface area contributed by atoms with Crippen LogP contribution in [0, 0.1) is 13.8 Å². The fourth-order valence-corrected chi connectivity index (χ4v) is 3.51. The summed E-state index contributed by atoms with van der Waals surface area (Å²) in [5, 5.41) is 5.77. The molecule has 0 aliphatic rings. The number of hydrogen-bond donors (Lipinski definition) is 1. The third-order valence-electron chi connectivity index (χ3n) is 5.16. The fraction of sp³-hybridized carbons (Fsp3) is 0.400. The molecule has 1 atom stereocenters. The normalized spacial score (nSPS) is 13.1. The monoisotopic (exact) mass is 406 g/mol. The molecule has 0 fully saturated rings. The molecule has 1 N–H and O–H groups in total. The number of nitrogens with zero attached hydrogens (tertiary/aromatic N) is 3. The van der Waals surface area contributed by atoms with Gasteiger partial charge in [0, 0.05) is 36.4 Å². The van der Waals surface area contributed by atoms with Crippen molar-refractivity contribution in [2.75, 3.05) is 7.05 Å². The molecule has 0 spiro atoms. The van der Waals surface area contributed by atoms with Crippen LogP contribution >= 0.6 is 0 Å². The summed E-state index contributed by atoms with van der Waals surface area (Å²) < 4.78 is 1.80. The molecular weight excluding hydrogens is 372 g/mol. The lowest BCUT2D eigenvalue weighted by Gasteiger charge is -2.17. The Hall–Kier alpha value is -2.95. The van der Waals surface area contributed by atoms with Crippen LogP contribution in [0.15, 0.2) is 41.6 Å². The highest BCUT2D eigenvalue weighted by Gasteiger charge is 2.12. The molecule has 3 rings (SSSR count). The summed E-state index contributed by atoms with van der Waals surface area (Å²) in [6, 6.07) is 8.16. The van der Waals surface area contributed by atoms with Crippen molar-refractivity contribution in [1.29, 1.82) is 0 Å². The topological polar surface area (TPSA) is 59.8 Å². The van der Waals surface area contributed by atoms with Crippen molar-refractivity contribution >= 4 is 23.2 Å². The fourth-order valence-electron chi connectivity index (χ4n) is 3.51. The van der Waals surface area contributed by atoms with E-state index in [2.05, 4.69) is 35.2 Å². The molecule has 5 heteroatoms. The highest BCUT2D eigenvalue weighted by Crippen LogP contribution is 2.15. The van der Waals surface area contributed by atoms with Crippen molar-refractivity contribution in [3.63, 3.8) is 0 Å². The molecule has 0 amide bonds. The predicted molar refractivity (Wildman–Crippen MR) is 127 cm³/mol. The van der Waals surface area contributed by atoms with E-state index in [4.69, 9.17) is 0 Å². The number of fused-ring (bicyclic) bond motifs is 1. The molecule has 0 aliphatic carbocycles. The van der Waals surface area contributed by atoms with Gasteiger partial charge in [0.15, 0.2) is 0 Å². The van der Waals surface area contributed by atoms with E-state index in [1.165, 1.54) is 5.56 Å². The molecule has 0 saturated carbocycles. The average Bonchev–Trinajstić information content (AvgIpc) is 2.75. The molecule has 0 aliphatic heterocycles. The minimum Gasteiger partial charge on any atom is -0.393 e. The summed E-state index contributed by atoms with van der Waals surface area (Å²) in [7, 11) is 1.87. The lowest BCUT2D eigenvalue weighted by molar-refractivity contribution is 0.433. The van der Waals surface area contributed by atoms with E-state index in [1.54, 1.807) is 10.9 Å². The summed E-state index contributed by atoms with van der Waals surface area (Å²) in [6.45, 7) is 10.3. The maximum absolute atomic E-state index is 12.8. The van der Waals surface area contributed by atoms with Gasteiger partial charge in [-0.15, -0.1) is 0 Å². The van der Waals surface area contributed by atoms with Crippen molar-refractivity contribution in [1.82, 2.24) is 19.9 Å². The van der Waals surface area contributed by atoms with Gasteiger partial charge in [-0.3, -0.25) is 14.3 Å². The summed E-state index contributed by atoms with van der Waals surface area (Å²) >= 11 is 0. The zero-order chi connectivity index (χ0) is 22.1. The van der Waals surface area contributed by atoms with E-state index in [9.17, 15) is 4.79 Å². The van der Waals surface area contributed by atoms with Crippen LogP contribution in [0.5, 0.6) is 0 Å². The van der Waals surface area contributed by atoms with E-state index in [1.807, 2.05) is 64.5 Å². The number of aromatic nitrogens is 3. The second-order valence-corrected chi connectivity index (χ2v) is 7.47. The van der Waals surface area contributed by atoms with Gasteiger partial charge in [-0.05, 0) is 56.5 Å². The first-order valence-corrected chi connectivity index (χ1v) is 10.7. The zero-order valence-corrected chi connectivity index (χ0v) is 19.1. The molecule has 2 aromatic heterocycles. The van der Waals surface area contributed by atoms with Crippen LogP contribution < -0.4 is 21.3 Å². The van der Waals surface area contributed by atoms with Crippen molar-refractivity contribution in [3.8, 4) is 0 Å². The van der Waals surface area contributed by atoms with Crippen molar-refractivity contribution in [3.05, 3.63) is 68.8 Å². The molecule has 30 heavy (non-hydrogen) atoms. The minimum absolute atomic E-state index is 0.0596. The van der Waals surface area contributed by atoms with Crippen LogP contribution in [0.25, 0.3) is 23.2 Å². The maximum Gasteiger partial charge on any atom is 0.261 e. The Bertz CT molecular complexity index is 1110. The van der Waals surface area contributed by atoms with Crippen LogP contribution in [0.2, 0.25) is 0 Å². The molecule has 0 saturated heterocycles. The molecule has 0 radical (unpaired) electrons. The predicted octanol–water partition coefficient (Wildman–Crippen LogP) is 3.60. The molecule has 1 unspecified atom stereocenters. The number of rotatable bonds is 5. The van der Waals surface area contributed by atoms with Gasteiger partial charge in [0.2, 0.25) is 0 Å². The smallest absolute Gasteiger partial charge is 0.261 e. The summed E-state index contributed by atoms with van der Waals surface area (Å²) in [6.07, 6.45) is 10.5. The first-order chi connectivity index (χ1) is 14.5. The first-order valence-electron chi connectivity index (χ1n) is 10.7. The maximum atomic E-state index is 12.8. The Morgan fingerprint density at radius 2 is 1.90 bits per heavy atom. The van der Waals surface area contributed by atoms with Gasteiger partial charge in [0.25, 0.3) is 5.56 Å². The largest absolute Gasteiger partial charge is 0.393 e. The second kappa shape index (κ2) is 11.3. The Balaban J connectivity index is 0.000000335. The van der Waals surface area contributed by atoms with Crippen molar-refractivity contribution < 1.29 is 0 Å². The number of pyridine rings is 1. The molecule has 3 aromatic rings. The zero-order valence-electron chi connectivity index (χ0n) is 19.1. The standard InChI is InChI=1S/C18H25N3O.C7H9N/c1-5-8-14(6-2)21-12-20-17-15(7-3)13(11-19-4)9-10-16(17)18(21)22;1-6-3-4-7(2)8-5-6/h7,9-12,14,19H,5-6,8H2,1-4H3;3-5H,1-2H3/b13-11-,15-7+;. The summed E-state index contributed by atoms with van der Waals surface area (Å²) in [5.74, 6) is 0. The van der Waals surface area contributed by atoms with E-state index in [0.29, 0.717) is 5.39 Å². The van der Waals surface area contributed by atoms with Gasteiger partial charge in [-0.25, -0.2) is 4.98 Å². The van der Waals surface area contributed by atoms with Crippen LogP contribution in [-0.4, -0.2) is 21.6 Å². The van der Waals surface area contributed by atoms with Crippen molar-refractivity contribution in [2.24, 2.45) is 0 Å². The van der Waals surface area contributed by atoms with Crippen LogP contribution in [0.4, 0.5) is 0 Å². The number of benzene rings is 1. The van der Waals surface area contributed by atoms with E-state index in [0.717, 1.165) is 40.9 Å². The Kier molecular flexibility index (Phi) is 8.78. The quantitative estimate of drug-likeness (QED) is 0.703. The van der Waals surface area contributed by atoms with Gasteiger partial charge in [0.05, 0.1) is 17.2 Å². The van der Waals surface area contributed by atoms with Crippen LogP contribution in [-0.2, 0) is 0 Å². The highest BCUT2D eigenvalue weighted by atomic mass is 16.1. The highest BCUT2D eigenvalue weighted by molar-refractivity contribution is 5.78. The number of hydrogen-bond acceptors (Lipinski definition) is 4. The Morgan fingerprint density at radius 3 is 2.43 bits per heavy atom. The van der Waals surface area contributed by atoms with Gasteiger partial charge in [0.1, 0.15) is 0 Å². The van der Waals surface area contributed by atoms with E-state index >= 15 is 0 Å². The molecule has 160 valence electrons. The Morgan fingerprint density at radius 1 is 1.13 bits per heavy atom. The molecule has 5 nitrogen and oxygen atoms in total. The summed E-state index contributed by atoms with van der Waals surface area (Å²) in [5.41, 5.74) is 3.13. The van der Waals surface area contributed by atoms with Gasteiger partial charge in [-0.1, -0.05) is 38.5 Å². The molecular formula is C25H34N4O. The average molecular weight is 407 g/mol. The van der Waals surface area contributed by atoms with Crippen LogP contribution in [0.1, 0.15) is 57.3 Å². The van der Waals surface area contributed by atoms with E-state index in [-0.39, 0.29) is 11.6 Å². The lowest BCUT2D eigenvalue weighted by atomic mass is 10.1. The van der Waals surface area contributed by atoms with E-state index < -0.39 is 0 Å². The van der Waals surface area contributed by atoms with Gasteiger partial charge >= 0.3 is 0 Å². The molecule has 1 aromatic carbocycles. The molecule has 2 heterocycles. The van der Waals surface area contributed by atoms with Gasteiger partial charge in [-0.2, -0.15) is 0 Å². The SMILES string of the molecule is C/C=c1\c(=C/NC)ccc2c(=O)n(C(CC)CCC)cnc12.Cc1ccc(C)nc1. The number of nitrogens with one attached hydrogen (secondary N) is 1.